The van der Waals surface area contributed by atoms with Crippen molar-refractivity contribution in [2.24, 2.45) is 0 Å². The van der Waals surface area contributed by atoms with Crippen LogP contribution in [0.1, 0.15) is 31.5 Å². The van der Waals surface area contributed by atoms with E-state index in [0.29, 0.717) is 11.0 Å². The topological polar surface area (TPSA) is 25.8 Å². The number of benzene rings is 1. The maximum atomic E-state index is 6.04. The van der Waals surface area contributed by atoms with Crippen LogP contribution in [0, 0.1) is 0 Å². The molecular formula is C15H17ClN2. The number of hydrogen-bond donors (Lipinski definition) is 0. The summed E-state index contributed by atoms with van der Waals surface area (Å²) >= 11 is 6.04. The van der Waals surface area contributed by atoms with E-state index in [1.54, 1.807) is 0 Å². The second kappa shape index (κ2) is 5.96. The Morgan fingerprint density at radius 3 is 2.39 bits per heavy atom. The summed E-state index contributed by atoms with van der Waals surface area (Å²) in [7, 11) is 0. The van der Waals surface area contributed by atoms with E-state index in [-0.39, 0.29) is 0 Å². The number of rotatable bonds is 4. The lowest BCUT2D eigenvalue weighted by Gasteiger charge is -2.05. The second-order valence-electron chi connectivity index (χ2n) is 4.31. The summed E-state index contributed by atoms with van der Waals surface area (Å²) in [5.74, 6) is 0.716. The zero-order valence-corrected chi connectivity index (χ0v) is 11.5. The third-order valence-corrected chi connectivity index (χ3v) is 3.07. The molecule has 0 bridgehead atoms. The molecule has 3 heteroatoms. The van der Waals surface area contributed by atoms with Gasteiger partial charge in [-0.15, -0.1) is 0 Å². The Labute approximate surface area is 113 Å². The van der Waals surface area contributed by atoms with Crippen LogP contribution in [0.25, 0.3) is 11.4 Å². The van der Waals surface area contributed by atoms with Gasteiger partial charge in [-0.1, -0.05) is 56.1 Å². The fourth-order valence-electron chi connectivity index (χ4n) is 1.87. The summed E-state index contributed by atoms with van der Waals surface area (Å²) in [5, 5.41) is 0.517. The minimum Gasteiger partial charge on any atom is -0.233 e. The van der Waals surface area contributed by atoms with Gasteiger partial charge in [0.2, 0.25) is 0 Å². The first kappa shape index (κ1) is 13.0. The van der Waals surface area contributed by atoms with E-state index in [4.69, 9.17) is 11.6 Å². The van der Waals surface area contributed by atoms with Gasteiger partial charge in [-0.3, -0.25) is 0 Å². The standard InChI is InChI=1S/C15H17ClN2/c1-3-5-13-10-14(16)18-15(17-13)12-8-6-11(4-2)7-9-12/h6-10H,3-5H2,1-2H3. The minimum atomic E-state index is 0.517. The Bertz CT molecular complexity index is 521. The molecule has 0 saturated carbocycles. The molecule has 18 heavy (non-hydrogen) atoms. The number of hydrogen-bond acceptors (Lipinski definition) is 2. The van der Waals surface area contributed by atoms with Crippen molar-refractivity contribution in [1.29, 1.82) is 0 Å². The Kier molecular flexibility index (Phi) is 4.32. The van der Waals surface area contributed by atoms with Crippen molar-refractivity contribution in [1.82, 2.24) is 9.97 Å². The number of aromatic nitrogens is 2. The van der Waals surface area contributed by atoms with Gasteiger partial charge in [-0.25, -0.2) is 9.97 Å². The highest BCUT2D eigenvalue weighted by atomic mass is 35.5. The van der Waals surface area contributed by atoms with Gasteiger partial charge >= 0.3 is 0 Å². The van der Waals surface area contributed by atoms with E-state index in [9.17, 15) is 0 Å². The summed E-state index contributed by atoms with van der Waals surface area (Å²) in [4.78, 5) is 8.85. The maximum absolute atomic E-state index is 6.04. The van der Waals surface area contributed by atoms with Crippen molar-refractivity contribution < 1.29 is 0 Å². The van der Waals surface area contributed by atoms with Crippen LogP contribution in [0.5, 0.6) is 0 Å². The summed E-state index contributed by atoms with van der Waals surface area (Å²) < 4.78 is 0. The molecule has 1 aromatic carbocycles. The summed E-state index contributed by atoms with van der Waals surface area (Å²) in [6.07, 6.45) is 3.03. The molecule has 0 aliphatic rings. The fourth-order valence-corrected chi connectivity index (χ4v) is 2.07. The molecule has 0 aliphatic carbocycles. The lowest BCUT2D eigenvalue weighted by atomic mass is 10.1. The number of nitrogens with zero attached hydrogens (tertiary/aromatic N) is 2. The zero-order valence-electron chi connectivity index (χ0n) is 10.8. The van der Waals surface area contributed by atoms with Crippen molar-refractivity contribution in [3.8, 4) is 11.4 Å². The predicted octanol–water partition coefficient (Wildman–Crippen LogP) is 4.31. The van der Waals surface area contributed by atoms with E-state index >= 15 is 0 Å². The molecule has 2 rings (SSSR count). The van der Waals surface area contributed by atoms with Gasteiger partial charge in [-0.2, -0.15) is 0 Å². The van der Waals surface area contributed by atoms with Crippen molar-refractivity contribution >= 4 is 11.6 Å². The largest absolute Gasteiger partial charge is 0.233 e. The molecule has 1 heterocycles. The number of aryl methyl sites for hydroxylation is 2. The molecule has 2 aromatic rings. The zero-order chi connectivity index (χ0) is 13.0. The number of halogens is 1. The third kappa shape index (κ3) is 3.08. The van der Waals surface area contributed by atoms with Gasteiger partial charge in [0.05, 0.1) is 0 Å². The highest BCUT2D eigenvalue weighted by molar-refractivity contribution is 6.29. The Morgan fingerprint density at radius 2 is 1.78 bits per heavy atom. The van der Waals surface area contributed by atoms with Crippen LogP contribution < -0.4 is 0 Å². The lowest BCUT2D eigenvalue weighted by Crippen LogP contribution is -1.96. The van der Waals surface area contributed by atoms with Gasteiger partial charge in [0.25, 0.3) is 0 Å². The maximum Gasteiger partial charge on any atom is 0.161 e. The van der Waals surface area contributed by atoms with Crippen molar-refractivity contribution in [3.05, 3.63) is 46.7 Å². The van der Waals surface area contributed by atoms with Crippen molar-refractivity contribution in [2.45, 2.75) is 33.1 Å². The normalized spacial score (nSPS) is 10.6. The molecule has 1 aromatic heterocycles. The molecule has 0 unspecified atom stereocenters. The Morgan fingerprint density at radius 1 is 1.06 bits per heavy atom. The average molecular weight is 261 g/mol. The summed E-state index contributed by atoms with van der Waals surface area (Å²) in [6, 6.07) is 10.2. The van der Waals surface area contributed by atoms with E-state index in [0.717, 1.165) is 30.5 Å². The molecule has 0 atom stereocenters. The summed E-state index contributed by atoms with van der Waals surface area (Å²) in [6.45, 7) is 4.27. The van der Waals surface area contributed by atoms with Crippen LogP contribution >= 0.6 is 11.6 Å². The van der Waals surface area contributed by atoms with Crippen LogP contribution in [0.4, 0.5) is 0 Å². The second-order valence-corrected chi connectivity index (χ2v) is 4.69. The summed E-state index contributed by atoms with van der Waals surface area (Å²) in [5.41, 5.74) is 3.34. The van der Waals surface area contributed by atoms with E-state index in [2.05, 4.69) is 48.1 Å². The monoisotopic (exact) mass is 260 g/mol. The first-order chi connectivity index (χ1) is 8.72. The molecule has 0 radical (unpaired) electrons. The first-order valence-corrected chi connectivity index (χ1v) is 6.73. The molecular weight excluding hydrogens is 244 g/mol. The SMILES string of the molecule is CCCc1cc(Cl)nc(-c2ccc(CC)cc2)n1. The molecule has 0 fully saturated rings. The van der Waals surface area contributed by atoms with Gasteiger partial charge in [0.1, 0.15) is 5.15 Å². The molecule has 0 amide bonds. The minimum absolute atomic E-state index is 0.517. The van der Waals surface area contributed by atoms with Crippen LogP contribution in [0.15, 0.2) is 30.3 Å². The van der Waals surface area contributed by atoms with Crippen LogP contribution in [-0.2, 0) is 12.8 Å². The van der Waals surface area contributed by atoms with E-state index < -0.39 is 0 Å². The third-order valence-electron chi connectivity index (χ3n) is 2.87. The fraction of sp³-hybridized carbons (Fsp3) is 0.333. The molecule has 94 valence electrons. The van der Waals surface area contributed by atoms with Gasteiger partial charge in [0.15, 0.2) is 5.82 Å². The van der Waals surface area contributed by atoms with Crippen LogP contribution in [-0.4, -0.2) is 9.97 Å². The van der Waals surface area contributed by atoms with E-state index in [1.165, 1.54) is 5.56 Å². The van der Waals surface area contributed by atoms with Crippen molar-refractivity contribution in [3.63, 3.8) is 0 Å². The molecule has 0 aliphatic heterocycles. The predicted molar refractivity (Wildman–Crippen MR) is 75.9 cm³/mol. The Balaban J connectivity index is 2.36. The average Bonchev–Trinajstić information content (AvgIpc) is 2.38. The molecule has 0 saturated heterocycles. The molecule has 2 nitrogen and oxygen atoms in total. The molecule has 0 spiro atoms. The highest BCUT2D eigenvalue weighted by Crippen LogP contribution is 2.19. The van der Waals surface area contributed by atoms with Crippen LogP contribution in [0.3, 0.4) is 0 Å². The van der Waals surface area contributed by atoms with Crippen molar-refractivity contribution in [2.75, 3.05) is 0 Å². The highest BCUT2D eigenvalue weighted by Gasteiger charge is 2.05. The van der Waals surface area contributed by atoms with Crippen LogP contribution in [0.2, 0.25) is 5.15 Å². The van der Waals surface area contributed by atoms with Gasteiger partial charge in [-0.05, 0) is 24.5 Å². The smallest absolute Gasteiger partial charge is 0.161 e. The molecule has 0 N–H and O–H groups in total. The first-order valence-electron chi connectivity index (χ1n) is 6.35. The van der Waals surface area contributed by atoms with Gasteiger partial charge < -0.3 is 0 Å². The lowest BCUT2D eigenvalue weighted by molar-refractivity contribution is 0.875. The Hall–Kier alpha value is -1.41. The quantitative estimate of drug-likeness (QED) is 0.766. The van der Waals surface area contributed by atoms with Gasteiger partial charge in [0, 0.05) is 11.3 Å². The van der Waals surface area contributed by atoms with E-state index in [1.807, 2.05) is 6.07 Å².